The monoisotopic (exact) mass is 598 g/mol. The quantitative estimate of drug-likeness (QED) is 0.298. The number of aliphatic hydroxyl groups excluding tert-OH is 1. The first-order chi connectivity index (χ1) is 19.3. The average Bonchev–Trinajstić information content (AvgIpc) is 3.48. The fourth-order valence-corrected chi connectivity index (χ4v) is 4.32. The summed E-state index contributed by atoms with van der Waals surface area (Å²) in [5, 5.41) is 20.9. The van der Waals surface area contributed by atoms with E-state index in [1.807, 2.05) is 0 Å². The van der Waals surface area contributed by atoms with Crippen molar-refractivity contribution in [2.45, 2.75) is 50.2 Å². The predicted octanol–water partition coefficient (Wildman–Crippen LogP) is 2.84. The maximum absolute atomic E-state index is 13.2. The van der Waals surface area contributed by atoms with E-state index < -0.39 is 55.2 Å². The van der Waals surface area contributed by atoms with E-state index in [2.05, 4.69) is 25.5 Å². The number of pyridine rings is 1. The van der Waals surface area contributed by atoms with Crippen LogP contribution >= 0.6 is 11.6 Å². The van der Waals surface area contributed by atoms with E-state index in [1.54, 1.807) is 0 Å². The summed E-state index contributed by atoms with van der Waals surface area (Å²) in [5.41, 5.74) is -0.628. The van der Waals surface area contributed by atoms with Crippen LogP contribution in [0.25, 0.3) is 17.1 Å². The van der Waals surface area contributed by atoms with E-state index in [0.717, 1.165) is 4.68 Å². The molecule has 1 aliphatic carbocycles. The third kappa shape index (κ3) is 6.12. The Morgan fingerprint density at radius 2 is 1.85 bits per heavy atom. The molecule has 3 aromatic heterocycles. The minimum Gasteiger partial charge on any atom is -0.382 e. The zero-order valence-corrected chi connectivity index (χ0v) is 21.5. The standard InChI is InChI=1S/C24H20ClF5N8O3/c25-14-5-3-13(4-6-14)20-35-37(22(41)36(20)10-17(39)24(28,29)30)11-18-32-12-38(34-18)16-2-1-7-31-19(16)21(40)33-15-8-23(26,27)9-15/h1-7,12,15,17,39H,8-11H2,(H,33,40)/t17-/m1/s1. The number of amides is 1. The Hall–Kier alpha value is -4.18. The van der Waals surface area contributed by atoms with Gasteiger partial charge in [0, 0.05) is 35.7 Å². The molecule has 5 rings (SSSR count). The summed E-state index contributed by atoms with van der Waals surface area (Å²) >= 11 is 5.90. The van der Waals surface area contributed by atoms with Gasteiger partial charge in [-0.1, -0.05) is 11.6 Å². The molecule has 0 aliphatic heterocycles. The minimum atomic E-state index is -4.98. The molecule has 0 spiro atoms. The van der Waals surface area contributed by atoms with E-state index >= 15 is 0 Å². The van der Waals surface area contributed by atoms with Crippen molar-refractivity contribution < 1.29 is 31.9 Å². The normalized spacial score (nSPS) is 15.9. The molecule has 1 saturated carbocycles. The highest BCUT2D eigenvalue weighted by Gasteiger charge is 2.46. The molecular weight excluding hydrogens is 579 g/mol. The van der Waals surface area contributed by atoms with Crippen LogP contribution in [0.15, 0.2) is 53.7 Å². The van der Waals surface area contributed by atoms with Crippen molar-refractivity contribution in [3.8, 4) is 17.1 Å². The number of rotatable bonds is 8. The van der Waals surface area contributed by atoms with Gasteiger partial charge in [0.2, 0.25) is 0 Å². The van der Waals surface area contributed by atoms with Crippen molar-refractivity contribution in [1.82, 2.24) is 39.4 Å². The summed E-state index contributed by atoms with van der Waals surface area (Å²) < 4.78 is 68.3. The Morgan fingerprint density at radius 1 is 1.15 bits per heavy atom. The lowest BCUT2D eigenvalue weighted by Gasteiger charge is -2.35. The lowest BCUT2D eigenvalue weighted by molar-refractivity contribution is -0.207. The van der Waals surface area contributed by atoms with Gasteiger partial charge in [0.25, 0.3) is 11.8 Å². The second kappa shape index (κ2) is 10.7. The molecular formula is C24H20ClF5N8O3. The summed E-state index contributed by atoms with van der Waals surface area (Å²) in [6.07, 6.45) is -6.21. The predicted molar refractivity (Wildman–Crippen MR) is 133 cm³/mol. The molecule has 1 fully saturated rings. The fraction of sp³-hybridized carbons (Fsp3) is 0.333. The number of aromatic nitrogens is 7. The SMILES string of the molecule is O=C(NC1CC(F)(F)C1)c1ncccc1-n1cnc(Cn2nc(-c3ccc(Cl)cc3)n(C[C@@H](O)C(F)(F)F)c2=O)n1. The van der Waals surface area contributed by atoms with Crippen molar-refractivity contribution in [2.75, 3.05) is 0 Å². The highest BCUT2D eigenvalue weighted by molar-refractivity contribution is 6.30. The van der Waals surface area contributed by atoms with Gasteiger partial charge in [-0.05, 0) is 36.4 Å². The molecule has 1 aromatic carbocycles. The number of carbonyl (C=O) groups excluding carboxylic acids is 1. The Labute approximate surface area is 232 Å². The summed E-state index contributed by atoms with van der Waals surface area (Å²) in [4.78, 5) is 33.9. The van der Waals surface area contributed by atoms with Gasteiger partial charge in [0.15, 0.2) is 23.4 Å². The largest absolute Gasteiger partial charge is 0.416 e. The van der Waals surface area contributed by atoms with Gasteiger partial charge in [-0.3, -0.25) is 9.36 Å². The molecule has 0 radical (unpaired) electrons. The number of halogens is 6. The van der Waals surface area contributed by atoms with E-state index in [4.69, 9.17) is 11.6 Å². The number of aliphatic hydroxyl groups is 1. The molecule has 2 N–H and O–H groups in total. The summed E-state index contributed by atoms with van der Waals surface area (Å²) in [6.45, 7) is -1.48. The summed E-state index contributed by atoms with van der Waals surface area (Å²) in [7, 11) is 0. The molecule has 0 bridgehead atoms. The summed E-state index contributed by atoms with van der Waals surface area (Å²) in [5.74, 6) is -3.66. The van der Waals surface area contributed by atoms with Crippen LogP contribution in [0.4, 0.5) is 22.0 Å². The highest BCUT2D eigenvalue weighted by Crippen LogP contribution is 2.37. The molecule has 1 aliphatic rings. The zero-order chi connectivity index (χ0) is 29.5. The van der Waals surface area contributed by atoms with Gasteiger partial charge in [0.1, 0.15) is 12.9 Å². The lowest BCUT2D eigenvalue weighted by atomic mass is 9.88. The maximum Gasteiger partial charge on any atom is 0.416 e. The molecule has 0 saturated heterocycles. The molecule has 4 aromatic rings. The second-order valence-corrected chi connectivity index (χ2v) is 9.79. The van der Waals surface area contributed by atoms with Crippen LogP contribution in [0.2, 0.25) is 5.02 Å². The molecule has 3 heterocycles. The topological polar surface area (TPSA) is 133 Å². The van der Waals surface area contributed by atoms with Gasteiger partial charge in [0.05, 0.1) is 12.2 Å². The average molecular weight is 599 g/mol. The van der Waals surface area contributed by atoms with E-state index in [9.17, 15) is 36.6 Å². The van der Waals surface area contributed by atoms with Gasteiger partial charge in [-0.2, -0.15) is 13.2 Å². The molecule has 41 heavy (non-hydrogen) atoms. The van der Waals surface area contributed by atoms with Crippen molar-refractivity contribution >= 4 is 17.5 Å². The Kier molecular flexibility index (Phi) is 7.37. The van der Waals surface area contributed by atoms with Crippen LogP contribution in [0.5, 0.6) is 0 Å². The van der Waals surface area contributed by atoms with Gasteiger partial charge in [-0.25, -0.2) is 32.9 Å². The van der Waals surface area contributed by atoms with Crippen LogP contribution in [-0.2, 0) is 13.1 Å². The number of hydrogen-bond acceptors (Lipinski definition) is 7. The number of nitrogens with one attached hydrogen (secondary N) is 1. The van der Waals surface area contributed by atoms with Crippen LogP contribution in [-0.4, -0.2) is 69.4 Å². The first-order valence-electron chi connectivity index (χ1n) is 12.0. The minimum absolute atomic E-state index is 0.00428. The van der Waals surface area contributed by atoms with Gasteiger partial charge in [-0.15, -0.1) is 10.2 Å². The van der Waals surface area contributed by atoms with Crippen LogP contribution in [0, 0.1) is 0 Å². The lowest BCUT2D eigenvalue weighted by Crippen LogP contribution is -2.50. The van der Waals surface area contributed by atoms with Crippen LogP contribution in [0.1, 0.15) is 29.2 Å². The number of benzene rings is 1. The number of alkyl halides is 5. The van der Waals surface area contributed by atoms with Gasteiger partial charge < -0.3 is 10.4 Å². The second-order valence-electron chi connectivity index (χ2n) is 9.35. The smallest absolute Gasteiger partial charge is 0.382 e. The third-order valence-electron chi connectivity index (χ3n) is 6.26. The first-order valence-corrected chi connectivity index (χ1v) is 12.4. The van der Waals surface area contributed by atoms with Crippen LogP contribution in [0.3, 0.4) is 0 Å². The fourth-order valence-electron chi connectivity index (χ4n) is 4.19. The molecule has 0 unspecified atom stereocenters. The van der Waals surface area contributed by atoms with Crippen molar-refractivity contribution in [2.24, 2.45) is 0 Å². The molecule has 1 amide bonds. The Morgan fingerprint density at radius 3 is 2.51 bits per heavy atom. The zero-order valence-electron chi connectivity index (χ0n) is 20.8. The Bertz CT molecular complexity index is 1630. The van der Waals surface area contributed by atoms with E-state index in [1.165, 1.54) is 53.6 Å². The molecule has 1 atom stereocenters. The van der Waals surface area contributed by atoms with Crippen LogP contribution < -0.4 is 11.0 Å². The maximum atomic E-state index is 13.2. The highest BCUT2D eigenvalue weighted by atomic mass is 35.5. The molecule has 216 valence electrons. The van der Waals surface area contributed by atoms with Crippen molar-refractivity contribution in [3.05, 3.63) is 75.9 Å². The number of nitrogens with zero attached hydrogens (tertiary/aromatic N) is 7. The van der Waals surface area contributed by atoms with E-state index in [0.29, 0.717) is 9.59 Å². The van der Waals surface area contributed by atoms with Crippen molar-refractivity contribution in [1.29, 1.82) is 0 Å². The number of carbonyl (C=O) groups is 1. The Balaban J connectivity index is 1.42. The first kappa shape index (κ1) is 28.4. The van der Waals surface area contributed by atoms with E-state index in [-0.39, 0.29) is 35.1 Å². The molecule has 17 heteroatoms. The number of hydrogen-bond donors (Lipinski definition) is 2. The van der Waals surface area contributed by atoms with Gasteiger partial charge >= 0.3 is 11.9 Å². The van der Waals surface area contributed by atoms with Crippen molar-refractivity contribution in [3.63, 3.8) is 0 Å². The summed E-state index contributed by atoms with van der Waals surface area (Å²) in [6, 6.07) is 8.15. The molecule has 11 nitrogen and oxygen atoms in total. The third-order valence-corrected chi connectivity index (χ3v) is 6.51.